The van der Waals surface area contributed by atoms with Gasteiger partial charge in [0.1, 0.15) is 24.2 Å². The molecule has 0 spiro atoms. The van der Waals surface area contributed by atoms with Crippen LogP contribution < -0.4 is 14.8 Å². The van der Waals surface area contributed by atoms with Gasteiger partial charge in [-0.3, -0.25) is 0 Å². The molecule has 0 radical (unpaired) electrons. The van der Waals surface area contributed by atoms with Crippen molar-refractivity contribution in [2.75, 3.05) is 20.3 Å². The molecule has 2 aromatic rings. The number of nitrogens with one attached hydrogen (secondary N) is 1. The number of hydrogen-bond donors (Lipinski definition) is 2. The summed E-state index contributed by atoms with van der Waals surface area (Å²) in [6, 6.07) is 17.6. The van der Waals surface area contributed by atoms with E-state index in [-0.39, 0.29) is 12.1 Å². The van der Waals surface area contributed by atoms with Crippen LogP contribution in [0.4, 0.5) is 0 Å². The Morgan fingerprint density at radius 1 is 1.04 bits per heavy atom. The van der Waals surface area contributed by atoms with Crippen molar-refractivity contribution in [2.24, 2.45) is 0 Å². The first-order chi connectivity index (χ1) is 11.5. The molecule has 4 heteroatoms. The monoisotopic (exact) mass is 329 g/mol. The summed E-state index contributed by atoms with van der Waals surface area (Å²) in [7, 11) is 1.67. The number of methoxy groups -OCH3 is 1. The summed E-state index contributed by atoms with van der Waals surface area (Å²) in [5.74, 6) is 1.63. The molecule has 0 fully saturated rings. The Labute approximate surface area is 144 Å². The third-order valence-corrected chi connectivity index (χ3v) is 3.78. The number of para-hydroxylation sites is 1. The van der Waals surface area contributed by atoms with Crippen LogP contribution in [0.15, 0.2) is 54.6 Å². The van der Waals surface area contributed by atoms with E-state index in [1.165, 1.54) is 5.56 Å². The largest absolute Gasteiger partial charge is 0.497 e. The first-order valence-corrected chi connectivity index (χ1v) is 8.22. The van der Waals surface area contributed by atoms with Crippen molar-refractivity contribution in [3.63, 3.8) is 0 Å². The molecule has 130 valence electrons. The Bertz CT molecular complexity index is 613. The lowest BCUT2D eigenvalue weighted by molar-refractivity contribution is 0.0988. The first kappa shape index (κ1) is 18.3. The van der Waals surface area contributed by atoms with Gasteiger partial charge in [0.15, 0.2) is 0 Å². The molecule has 2 N–H and O–H groups in total. The minimum atomic E-state index is -0.560. The fourth-order valence-electron chi connectivity index (χ4n) is 2.52. The summed E-state index contributed by atoms with van der Waals surface area (Å²) >= 11 is 0. The lowest BCUT2D eigenvalue weighted by Crippen LogP contribution is -2.46. The van der Waals surface area contributed by atoms with Crippen LogP contribution >= 0.6 is 0 Å². The molecule has 2 aromatic carbocycles. The summed E-state index contributed by atoms with van der Waals surface area (Å²) in [6.07, 6.45) is 0.283. The maximum Gasteiger partial charge on any atom is 0.119 e. The molecule has 1 atom stereocenters. The number of hydrogen-bond acceptors (Lipinski definition) is 4. The molecule has 0 aliphatic heterocycles. The van der Waals surface area contributed by atoms with E-state index in [4.69, 9.17) is 9.47 Å². The van der Waals surface area contributed by atoms with Gasteiger partial charge in [0.25, 0.3) is 0 Å². The van der Waals surface area contributed by atoms with Crippen LogP contribution in [0.5, 0.6) is 11.5 Å². The molecule has 4 nitrogen and oxygen atoms in total. The van der Waals surface area contributed by atoms with E-state index in [1.807, 2.05) is 48.5 Å². The van der Waals surface area contributed by atoms with Gasteiger partial charge in [0.05, 0.1) is 7.11 Å². The van der Waals surface area contributed by atoms with E-state index in [0.717, 1.165) is 17.9 Å². The van der Waals surface area contributed by atoms with Crippen LogP contribution in [0.3, 0.4) is 0 Å². The molecule has 2 rings (SSSR count). The standard InChI is InChI=1S/C20H27NO3/c1-20(2,13-16-8-7-11-19(12-16)23-3)21-14-17(22)15-24-18-9-5-4-6-10-18/h4-12,17,21-22H,13-15H2,1-3H3. The quantitative estimate of drug-likeness (QED) is 0.742. The average molecular weight is 329 g/mol. The highest BCUT2D eigenvalue weighted by molar-refractivity contribution is 5.29. The Kier molecular flexibility index (Phi) is 6.64. The number of rotatable bonds is 9. The van der Waals surface area contributed by atoms with E-state index in [1.54, 1.807) is 7.11 Å². The predicted octanol–water partition coefficient (Wildman–Crippen LogP) is 3.05. The number of aliphatic hydroxyl groups is 1. The summed E-state index contributed by atoms with van der Waals surface area (Å²) < 4.78 is 10.8. The molecule has 0 amide bonds. The molecular weight excluding hydrogens is 302 g/mol. The SMILES string of the molecule is COc1cccc(CC(C)(C)NCC(O)COc2ccccc2)c1. The highest BCUT2D eigenvalue weighted by atomic mass is 16.5. The van der Waals surface area contributed by atoms with Gasteiger partial charge in [-0.15, -0.1) is 0 Å². The summed E-state index contributed by atoms with van der Waals surface area (Å²) in [4.78, 5) is 0. The van der Waals surface area contributed by atoms with Crippen molar-refractivity contribution in [3.8, 4) is 11.5 Å². The van der Waals surface area contributed by atoms with Crippen molar-refractivity contribution in [1.29, 1.82) is 0 Å². The van der Waals surface area contributed by atoms with Crippen molar-refractivity contribution < 1.29 is 14.6 Å². The average Bonchev–Trinajstić information content (AvgIpc) is 2.59. The Hall–Kier alpha value is -2.04. The molecule has 0 saturated heterocycles. The van der Waals surface area contributed by atoms with Crippen LogP contribution in [0, 0.1) is 0 Å². The van der Waals surface area contributed by atoms with Gasteiger partial charge in [0, 0.05) is 12.1 Å². The maximum atomic E-state index is 10.1. The van der Waals surface area contributed by atoms with Crippen LogP contribution in [0.25, 0.3) is 0 Å². The van der Waals surface area contributed by atoms with E-state index in [0.29, 0.717) is 6.54 Å². The van der Waals surface area contributed by atoms with E-state index in [9.17, 15) is 5.11 Å². The van der Waals surface area contributed by atoms with Crippen LogP contribution in [0.2, 0.25) is 0 Å². The highest BCUT2D eigenvalue weighted by Gasteiger charge is 2.19. The lowest BCUT2D eigenvalue weighted by atomic mass is 9.94. The zero-order valence-corrected chi connectivity index (χ0v) is 14.7. The molecule has 1 unspecified atom stereocenters. The van der Waals surface area contributed by atoms with Crippen molar-refractivity contribution >= 4 is 0 Å². The first-order valence-electron chi connectivity index (χ1n) is 8.22. The Balaban J connectivity index is 1.78. The molecule has 0 aromatic heterocycles. The third kappa shape index (κ3) is 6.22. The van der Waals surface area contributed by atoms with Crippen molar-refractivity contribution in [3.05, 3.63) is 60.2 Å². The smallest absolute Gasteiger partial charge is 0.119 e. The second-order valence-electron chi connectivity index (χ2n) is 6.57. The number of β-amino-alcohol motifs (C(OH)–C–C–N with tert-alkyl or cyclic N) is 1. The fraction of sp³-hybridized carbons (Fsp3) is 0.400. The van der Waals surface area contributed by atoms with Crippen LogP contribution in [-0.2, 0) is 6.42 Å². The van der Waals surface area contributed by atoms with Gasteiger partial charge in [0.2, 0.25) is 0 Å². The van der Waals surface area contributed by atoms with Gasteiger partial charge >= 0.3 is 0 Å². The van der Waals surface area contributed by atoms with Gasteiger partial charge in [-0.2, -0.15) is 0 Å². The number of benzene rings is 2. The zero-order chi connectivity index (χ0) is 17.4. The second-order valence-corrected chi connectivity index (χ2v) is 6.57. The second kappa shape index (κ2) is 8.71. The summed E-state index contributed by atoms with van der Waals surface area (Å²) in [5, 5.41) is 13.5. The molecule has 24 heavy (non-hydrogen) atoms. The van der Waals surface area contributed by atoms with Gasteiger partial charge in [-0.05, 0) is 50.1 Å². The molecule has 0 aliphatic carbocycles. The van der Waals surface area contributed by atoms with E-state index in [2.05, 4.69) is 25.2 Å². The highest BCUT2D eigenvalue weighted by Crippen LogP contribution is 2.18. The zero-order valence-electron chi connectivity index (χ0n) is 14.7. The molecular formula is C20H27NO3. The van der Waals surface area contributed by atoms with Gasteiger partial charge in [-0.1, -0.05) is 30.3 Å². The Morgan fingerprint density at radius 2 is 1.75 bits per heavy atom. The molecule has 0 aliphatic rings. The third-order valence-electron chi connectivity index (χ3n) is 3.78. The minimum absolute atomic E-state index is 0.139. The van der Waals surface area contributed by atoms with Crippen molar-refractivity contribution in [2.45, 2.75) is 31.9 Å². The molecule has 0 saturated carbocycles. The lowest BCUT2D eigenvalue weighted by Gasteiger charge is -2.28. The van der Waals surface area contributed by atoms with E-state index >= 15 is 0 Å². The van der Waals surface area contributed by atoms with Crippen LogP contribution in [0.1, 0.15) is 19.4 Å². The van der Waals surface area contributed by atoms with Gasteiger partial charge in [-0.25, -0.2) is 0 Å². The predicted molar refractivity (Wildman–Crippen MR) is 96.7 cm³/mol. The number of ether oxygens (including phenoxy) is 2. The van der Waals surface area contributed by atoms with Crippen LogP contribution in [-0.4, -0.2) is 37.0 Å². The number of aliphatic hydroxyl groups excluding tert-OH is 1. The maximum absolute atomic E-state index is 10.1. The van der Waals surface area contributed by atoms with E-state index < -0.39 is 6.10 Å². The summed E-state index contributed by atoms with van der Waals surface area (Å²) in [5.41, 5.74) is 1.06. The Morgan fingerprint density at radius 3 is 2.46 bits per heavy atom. The van der Waals surface area contributed by atoms with Gasteiger partial charge < -0.3 is 19.9 Å². The fourth-order valence-corrected chi connectivity index (χ4v) is 2.52. The van der Waals surface area contributed by atoms with Crippen molar-refractivity contribution in [1.82, 2.24) is 5.32 Å². The normalized spacial score (nSPS) is 12.7. The summed E-state index contributed by atoms with van der Waals surface area (Å²) in [6.45, 7) is 4.99. The molecule has 0 heterocycles. The topological polar surface area (TPSA) is 50.7 Å². The molecule has 0 bridgehead atoms. The minimum Gasteiger partial charge on any atom is -0.497 e.